The lowest BCUT2D eigenvalue weighted by Crippen LogP contribution is -1.92. The van der Waals surface area contributed by atoms with E-state index in [2.05, 4.69) is 152 Å². The van der Waals surface area contributed by atoms with Crippen LogP contribution in [0, 0.1) is 0 Å². The van der Waals surface area contributed by atoms with Crippen LogP contribution >= 0.6 is 0 Å². The maximum Gasteiger partial charge on any atom is 0.143 e. The summed E-state index contributed by atoms with van der Waals surface area (Å²) in [6, 6.07) is 56.5. The molecule has 228 valence electrons. The molecule has 11 aromatic rings. The summed E-state index contributed by atoms with van der Waals surface area (Å²) in [4.78, 5) is 0. The zero-order valence-electron chi connectivity index (χ0n) is 25.8. The highest BCUT2D eigenvalue weighted by Crippen LogP contribution is 2.50. The average Bonchev–Trinajstić information content (AvgIpc) is 3.73. The van der Waals surface area contributed by atoms with Crippen molar-refractivity contribution >= 4 is 87.0 Å². The topological polar surface area (TPSA) is 26.3 Å². The Bertz CT molecular complexity index is 3070. The van der Waals surface area contributed by atoms with Gasteiger partial charge in [-0.25, -0.2) is 0 Å². The molecule has 2 heterocycles. The number of furan rings is 2. The van der Waals surface area contributed by atoms with E-state index < -0.39 is 0 Å². The van der Waals surface area contributed by atoms with Crippen LogP contribution in [0.3, 0.4) is 0 Å². The first kappa shape index (κ1) is 25.8. The van der Waals surface area contributed by atoms with Crippen LogP contribution in [0.5, 0.6) is 0 Å². The van der Waals surface area contributed by atoms with Gasteiger partial charge in [-0.3, -0.25) is 0 Å². The highest BCUT2D eigenvalue weighted by atomic mass is 16.3. The fraction of sp³-hybridized carbons (Fsp3) is 0. The zero-order valence-corrected chi connectivity index (χ0v) is 25.8. The van der Waals surface area contributed by atoms with E-state index in [1.165, 1.54) is 54.4 Å². The van der Waals surface area contributed by atoms with E-state index >= 15 is 0 Å². The van der Waals surface area contributed by atoms with Crippen LogP contribution in [0.15, 0.2) is 167 Å². The van der Waals surface area contributed by atoms with E-state index in [1.807, 2.05) is 6.07 Å². The fourth-order valence-electron chi connectivity index (χ4n) is 8.26. The van der Waals surface area contributed by atoms with Crippen LogP contribution in [0.1, 0.15) is 4.28 Å². The summed E-state index contributed by atoms with van der Waals surface area (Å²) in [5.41, 5.74) is 8.35. The van der Waals surface area contributed by atoms with E-state index in [0.29, 0.717) is 0 Å². The van der Waals surface area contributed by atoms with Crippen LogP contribution in [0.2, 0.25) is 0 Å². The van der Waals surface area contributed by atoms with Crippen molar-refractivity contribution in [3.63, 3.8) is 0 Å². The highest BCUT2D eigenvalue weighted by molar-refractivity contribution is 6.34. The van der Waals surface area contributed by atoms with Gasteiger partial charge in [0.05, 0.1) is 0 Å². The van der Waals surface area contributed by atoms with Crippen LogP contribution < -0.4 is 0 Å². The van der Waals surface area contributed by atoms with Gasteiger partial charge in [0.25, 0.3) is 0 Å². The maximum atomic E-state index is 6.92. The number of rotatable bonds is 2. The summed E-state index contributed by atoms with van der Waals surface area (Å²) in [6.07, 6.45) is 0. The van der Waals surface area contributed by atoms with Crippen molar-refractivity contribution in [3.05, 3.63) is 158 Å². The zero-order chi connectivity index (χ0) is 31.3. The highest BCUT2D eigenvalue weighted by Gasteiger charge is 2.24. The van der Waals surface area contributed by atoms with E-state index in [-0.39, 0.29) is 4.28 Å². The van der Waals surface area contributed by atoms with Crippen molar-refractivity contribution in [1.29, 1.82) is 0 Å². The maximum absolute atomic E-state index is 6.92. The quantitative estimate of drug-likeness (QED) is 0.181. The Labute approximate surface area is 279 Å². The molecule has 48 heavy (non-hydrogen) atoms. The largest absolute Gasteiger partial charge is 0.456 e. The molecule has 0 aliphatic heterocycles. The summed E-state index contributed by atoms with van der Waals surface area (Å²) in [6.45, 7) is 0. The Morgan fingerprint density at radius 3 is 1.52 bits per heavy atom. The molecule has 0 saturated carbocycles. The van der Waals surface area contributed by atoms with Crippen LogP contribution in [0.4, 0.5) is 0 Å². The van der Waals surface area contributed by atoms with Gasteiger partial charge in [0.1, 0.15) is 22.3 Å². The van der Waals surface area contributed by atoms with Gasteiger partial charge in [0, 0.05) is 42.3 Å². The second-order valence-corrected chi connectivity index (χ2v) is 12.7. The van der Waals surface area contributed by atoms with E-state index in [9.17, 15) is 0 Å². The van der Waals surface area contributed by atoms with Gasteiger partial charge in [0.2, 0.25) is 0 Å². The predicted molar refractivity (Wildman–Crippen MR) is 208 cm³/mol. The summed E-state index contributed by atoms with van der Waals surface area (Å²) in [5.74, 6) is 0. The molecule has 0 aliphatic rings. The monoisotopic (exact) mass is 616 g/mol. The van der Waals surface area contributed by atoms with E-state index in [1.54, 1.807) is 0 Å². The van der Waals surface area contributed by atoms with Crippen LogP contribution in [-0.2, 0) is 0 Å². The van der Waals surface area contributed by atoms with Crippen LogP contribution in [-0.4, -0.2) is 0 Å². The predicted octanol–water partition coefficient (Wildman–Crippen LogP) is 14.2. The summed E-state index contributed by atoms with van der Waals surface area (Å²) in [5, 5.41) is 14.2. The lowest BCUT2D eigenvalue weighted by atomic mass is 9.83. The molecular formula is C46H32O2. The summed E-state index contributed by atoms with van der Waals surface area (Å²) in [7, 11) is 0. The molecule has 0 atom stereocenters. The Morgan fingerprint density at radius 2 is 0.833 bits per heavy atom. The number of hydrogen-bond acceptors (Lipinski definition) is 2. The number of benzene rings is 9. The van der Waals surface area contributed by atoms with Gasteiger partial charge >= 0.3 is 0 Å². The fourth-order valence-corrected chi connectivity index (χ4v) is 8.26. The van der Waals surface area contributed by atoms with Crippen molar-refractivity contribution in [2.75, 3.05) is 0 Å². The molecule has 0 radical (unpaired) electrons. The lowest BCUT2D eigenvalue weighted by molar-refractivity contribution is 0.669. The third-order valence-corrected chi connectivity index (χ3v) is 10.2. The molecule has 0 amide bonds. The Kier molecular flexibility index (Phi) is 5.14. The SMILES string of the molecule is [HH].[HH].[HH].c1ccc2c(-c3c4ccccc4c(-c4cc5ccc6oc7ccccc7c6c5c5c4oc4ccccc45)c4ccccc34)cccc2c1. The van der Waals surface area contributed by atoms with Gasteiger partial charge in [0.15, 0.2) is 0 Å². The molecule has 9 aromatic carbocycles. The van der Waals surface area contributed by atoms with Crippen molar-refractivity contribution in [1.82, 2.24) is 0 Å². The molecule has 2 heteroatoms. The molecular weight excluding hydrogens is 585 g/mol. The Morgan fingerprint density at radius 1 is 0.312 bits per heavy atom. The van der Waals surface area contributed by atoms with Gasteiger partial charge in [-0.2, -0.15) is 0 Å². The lowest BCUT2D eigenvalue weighted by Gasteiger charge is -2.19. The summed E-state index contributed by atoms with van der Waals surface area (Å²) < 4.78 is 13.3. The molecule has 0 N–H and O–H groups in total. The van der Waals surface area contributed by atoms with Crippen molar-refractivity contribution in [3.8, 4) is 22.3 Å². The number of fused-ring (bicyclic) bond motifs is 12. The molecule has 11 rings (SSSR count). The van der Waals surface area contributed by atoms with E-state index in [0.717, 1.165) is 54.8 Å². The molecule has 0 unspecified atom stereocenters. The molecule has 0 saturated heterocycles. The number of hydrogen-bond donors (Lipinski definition) is 0. The first-order valence-corrected chi connectivity index (χ1v) is 16.4. The first-order chi connectivity index (χ1) is 23.8. The Hall–Kier alpha value is -6.38. The minimum absolute atomic E-state index is 0. The molecule has 0 bridgehead atoms. The van der Waals surface area contributed by atoms with Gasteiger partial charge in [-0.15, -0.1) is 0 Å². The number of para-hydroxylation sites is 2. The van der Waals surface area contributed by atoms with Crippen molar-refractivity contribution < 1.29 is 13.1 Å². The van der Waals surface area contributed by atoms with Crippen LogP contribution in [0.25, 0.3) is 109 Å². The third kappa shape index (κ3) is 3.41. The summed E-state index contributed by atoms with van der Waals surface area (Å²) >= 11 is 0. The third-order valence-electron chi connectivity index (χ3n) is 10.2. The van der Waals surface area contributed by atoms with Crippen molar-refractivity contribution in [2.45, 2.75) is 0 Å². The van der Waals surface area contributed by atoms with Gasteiger partial charge < -0.3 is 8.83 Å². The second kappa shape index (κ2) is 9.57. The Balaban J connectivity index is 0.00000125. The molecule has 2 nitrogen and oxygen atoms in total. The standard InChI is InChI=1S/C46H26O2.3H2/c1-2-14-29-27(12-1)13-11-21-30(29)42-31-15-3-5-17-33(31)43(34-18-6-4-16-32(34)42)37-26-28-24-25-40-44(35-19-7-9-22-38(35)47-40)41(28)45-36-20-8-10-23-39(36)48-46(37)45;;;/h1-26H;3*1H. The smallest absolute Gasteiger partial charge is 0.143 e. The van der Waals surface area contributed by atoms with Gasteiger partial charge in [-0.1, -0.05) is 133 Å². The van der Waals surface area contributed by atoms with E-state index in [4.69, 9.17) is 8.83 Å². The first-order valence-electron chi connectivity index (χ1n) is 16.4. The molecule has 2 aromatic heterocycles. The second-order valence-electron chi connectivity index (χ2n) is 12.7. The molecule has 0 fully saturated rings. The van der Waals surface area contributed by atoms with Crippen molar-refractivity contribution in [2.24, 2.45) is 0 Å². The molecule has 0 aliphatic carbocycles. The van der Waals surface area contributed by atoms with Gasteiger partial charge in [-0.05, 0) is 73.1 Å². The average molecular weight is 617 g/mol. The normalized spacial score (nSPS) is 12.2. The minimum Gasteiger partial charge on any atom is -0.456 e. The minimum atomic E-state index is 0. The molecule has 0 spiro atoms.